The highest BCUT2D eigenvalue weighted by Gasteiger charge is 2.15. The number of carbonyl (C=O) groups excluding carboxylic acids is 2. The minimum absolute atomic E-state index is 0.174. The molecule has 0 saturated carbocycles. The Morgan fingerprint density at radius 3 is 2.64 bits per heavy atom. The minimum Gasteiger partial charge on any atom is -0.465 e. The summed E-state index contributed by atoms with van der Waals surface area (Å²) in [6, 6.07) is -0.734. The van der Waals surface area contributed by atoms with Gasteiger partial charge in [-0.1, -0.05) is 11.8 Å². The van der Waals surface area contributed by atoms with Gasteiger partial charge in [0, 0.05) is 12.3 Å². The number of nitrogens with two attached hydrogens (primary N) is 1. The highest BCUT2D eigenvalue weighted by atomic mass is 32.2. The lowest BCUT2D eigenvalue weighted by molar-refractivity contribution is -0.144. The Balaban J connectivity index is 3.67. The normalized spacial score (nSPS) is 11.9. The lowest BCUT2D eigenvalue weighted by Gasteiger charge is -2.09. The number of rotatable bonds is 5. The van der Waals surface area contributed by atoms with Crippen LogP contribution in [0.25, 0.3) is 0 Å². The summed E-state index contributed by atoms with van der Waals surface area (Å²) in [6.45, 7) is 4.41. The molecule has 0 bridgehead atoms. The van der Waals surface area contributed by atoms with Gasteiger partial charge in [0.05, 0.1) is 6.61 Å². The van der Waals surface area contributed by atoms with Crippen LogP contribution in [-0.2, 0) is 9.53 Å². The molecule has 0 aliphatic rings. The summed E-state index contributed by atoms with van der Waals surface area (Å²) in [5, 5.41) is 2.41. The summed E-state index contributed by atoms with van der Waals surface area (Å²) in [7, 11) is 0. The van der Waals surface area contributed by atoms with Crippen molar-refractivity contribution in [3.63, 3.8) is 0 Å². The van der Waals surface area contributed by atoms with Gasteiger partial charge in [-0.2, -0.15) is 0 Å². The van der Waals surface area contributed by atoms with Gasteiger partial charge in [0.1, 0.15) is 6.04 Å². The van der Waals surface area contributed by atoms with Crippen molar-refractivity contribution in [1.29, 1.82) is 0 Å². The zero-order valence-electron chi connectivity index (χ0n) is 8.41. The average Bonchev–Trinajstić information content (AvgIpc) is 2.15. The third kappa shape index (κ3) is 5.82. The maximum Gasteiger partial charge on any atom is 0.323 e. The molecule has 0 unspecified atom stereocenters. The fourth-order valence-corrected chi connectivity index (χ4v) is 1.39. The van der Waals surface area contributed by atoms with Gasteiger partial charge in [-0.05, 0) is 13.8 Å². The number of carbonyl (C=O) groups is 2. The van der Waals surface area contributed by atoms with Crippen molar-refractivity contribution in [2.24, 2.45) is 5.73 Å². The van der Waals surface area contributed by atoms with Crippen LogP contribution in [0, 0.1) is 0 Å². The lowest BCUT2D eigenvalue weighted by Crippen LogP contribution is -2.35. The largest absolute Gasteiger partial charge is 0.465 e. The van der Waals surface area contributed by atoms with E-state index in [9.17, 15) is 9.59 Å². The predicted molar refractivity (Wildman–Crippen MR) is 56.1 cm³/mol. The van der Waals surface area contributed by atoms with E-state index in [-0.39, 0.29) is 11.0 Å². The van der Waals surface area contributed by atoms with Gasteiger partial charge in [-0.15, -0.1) is 0 Å². The highest BCUT2D eigenvalue weighted by Crippen LogP contribution is 2.03. The number of hydrogen-bond donors (Lipinski definition) is 2. The molecule has 0 aromatic carbocycles. The van der Waals surface area contributed by atoms with Crippen LogP contribution in [0.1, 0.15) is 13.8 Å². The monoisotopic (exact) mass is 220 g/mol. The molecule has 0 aromatic heterocycles. The SMILES string of the molecule is CCNC(=O)SC[C@H](N)C(=O)OCC. The van der Waals surface area contributed by atoms with Gasteiger partial charge in [-0.3, -0.25) is 9.59 Å². The van der Waals surface area contributed by atoms with Crippen LogP contribution in [0.4, 0.5) is 4.79 Å². The Bertz CT molecular complexity index is 199. The molecule has 14 heavy (non-hydrogen) atoms. The first-order valence-electron chi connectivity index (χ1n) is 4.44. The van der Waals surface area contributed by atoms with E-state index in [0.29, 0.717) is 13.2 Å². The first kappa shape index (κ1) is 13.2. The number of nitrogens with one attached hydrogen (secondary N) is 1. The van der Waals surface area contributed by atoms with Crippen LogP contribution in [0.15, 0.2) is 0 Å². The molecule has 0 aliphatic heterocycles. The minimum atomic E-state index is -0.734. The van der Waals surface area contributed by atoms with Gasteiger partial charge in [0.15, 0.2) is 0 Å². The molecule has 0 rings (SSSR count). The third-order valence-electron chi connectivity index (χ3n) is 1.30. The van der Waals surface area contributed by atoms with Crippen molar-refractivity contribution in [3.05, 3.63) is 0 Å². The molecule has 0 saturated heterocycles. The van der Waals surface area contributed by atoms with Crippen molar-refractivity contribution in [3.8, 4) is 0 Å². The molecule has 1 amide bonds. The zero-order valence-corrected chi connectivity index (χ0v) is 9.23. The first-order chi connectivity index (χ1) is 6.61. The van der Waals surface area contributed by atoms with E-state index in [4.69, 9.17) is 5.73 Å². The second kappa shape index (κ2) is 7.64. The van der Waals surface area contributed by atoms with Gasteiger partial charge in [-0.25, -0.2) is 0 Å². The van der Waals surface area contributed by atoms with E-state index in [1.807, 2.05) is 6.92 Å². The highest BCUT2D eigenvalue weighted by molar-refractivity contribution is 8.13. The second-order valence-corrected chi connectivity index (χ2v) is 3.48. The van der Waals surface area contributed by atoms with E-state index >= 15 is 0 Å². The molecule has 0 radical (unpaired) electrons. The fourth-order valence-electron chi connectivity index (χ4n) is 0.678. The van der Waals surface area contributed by atoms with Gasteiger partial charge < -0.3 is 15.8 Å². The average molecular weight is 220 g/mol. The Hall–Kier alpha value is -0.750. The topological polar surface area (TPSA) is 81.4 Å². The van der Waals surface area contributed by atoms with E-state index in [1.54, 1.807) is 6.92 Å². The maximum absolute atomic E-state index is 11.0. The quantitative estimate of drug-likeness (QED) is 0.653. The van der Waals surface area contributed by atoms with Crippen LogP contribution in [-0.4, -0.2) is 36.2 Å². The van der Waals surface area contributed by atoms with Crippen LogP contribution in [0.2, 0.25) is 0 Å². The molecule has 0 aromatic rings. The maximum atomic E-state index is 11.0. The molecule has 3 N–H and O–H groups in total. The Kier molecular flexibility index (Phi) is 7.23. The first-order valence-corrected chi connectivity index (χ1v) is 5.43. The Labute approximate surface area is 87.7 Å². The van der Waals surface area contributed by atoms with Crippen molar-refractivity contribution in [1.82, 2.24) is 5.32 Å². The van der Waals surface area contributed by atoms with Crippen molar-refractivity contribution in [2.45, 2.75) is 19.9 Å². The zero-order chi connectivity index (χ0) is 11.0. The summed E-state index contributed by atoms with van der Waals surface area (Å²) in [6.07, 6.45) is 0. The number of amides is 1. The molecule has 82 valence electrons. The summed E-state index contributed by atoms with van der Waals surface area (Å²) in [5.74, 6) is -0.228. The van der Waals surface area contributed by atoms with Crippen molar-refractivity contribution in [2.75, 3.05) is 18.9 Å². The van der Waals surface area contributed by atoms with E-state index in [1.165, 1.54) is 0 Å². The van der Waals surface area contributed by atoms with E-state index < -0.39 is 12.0 Å². The Morgan fingerprint density at radius 1 is 1.50 bits per heavy atom. The fraction of sp³-hybridized carbons (Fsp3) is 0.750. The third-order valence-corrected chi connectivity index (χ3v) is 2.24. The van der Waals surface area contributed by atoms with Crippen LogP contribution in [0.5, 0.6) is 0 Å². The van der Waals surface area contributed by atoms with Crippen LogP contribution in [0.3, 0.4) is 0 Å². The van der Waals surface area contributed by atoms with Crippen LogP contribution < -0.4 is 11.1 Å². The lowest BCUT2D eigenvalue weighted by atomic mass is 10.4. The van der Waals surface area contributed by atoms with Crippen LogP contribution >= 0.6 is 11.8 Å². The van der Waals surface area contributed by atoms with Gasteiger partial charge in [0.2, 0.25) is 0 Å². The molecule has 0 fully saturated rings. The number of hydrogen-bond acceptors (Lipinski definition) is 5. The molecule has 5 nitrogen and oxygen atoms in total. The molecule has 0 heterocycles. The van der Waals surface area contributed by atoms with Crippen molar-refractivity contribution >= 4 is 23.0 Å². The summed E-state index contributed by atoms with van der Waals surface area (Å²) >= 11 is 0.987. The predicted octanol–water partition coefficient (Wildman–Crippen LogP) is 0.340. The van der Waals surface area contributed by atoms with Crippen molar-refractivity contribution < 1.29 is 14.3 Å². The number of esters is 1. The standard InChI is InChI=1S/C8H16N2O3S/c1-3-10-8(12)14-5-6(9)7(11)13-4-2/h6H,3-5,9H2,1-2H3,(H,10,12)/t6-/m0/s1. The summed E-state index contributed by atoms with van der Waals surface area (Å²) in [5.41, 5.74) is 5.47. The van der Waals surface area contributed by atoms with E-state index in [2.05, 4.69) is 10.1 Å². The molecule has 0 spiro atoms. The second-order valence-electron chi connectivity index (χ2n) is 2.49. The number of thioether (sulfide) groups is 1. The Morgan fingerprint density at radius 2 is 2.14 bits per heavy atom. The summed E-state index contributed by atoms with van der Waals surface area (Å²) < 4.78 is 4.69. The molecular weight excluding hydrogens is 204 g/mol. The molecule has 6 heteroatoms. The van der Waals surface area contributed by atoms with E-state index in [0.717, 1.165) is 11.8 Å². The summed E-state index contributed by atoms with van der Waals surface area (Å²) in [4.78, 5) is 22.0. The van der Waals surface area contributed by atoms with Gasteiger partial charge >= 0.3 is 5.97 Å². The molecule has 1 atom stereocenters. The molecule has 0 aliphatic carbocycles. The number of ether oxygens (including phenoxy) is 1. The molecular formula is C8H16N2O3S. The smallest absolute Gasteiger partial charge is 0.323 e. The van der Waals surface area contributed by atoms with Gasteiger partial charge in [0.25, 0.3) is 5.24 Å².